The molecule has 6 heteroatoms. The first-order chi connectivity index (χ1) is 11.6. The first-order valence-corrected chi connectivity index (χ1v) is 6.89. The number of fused-ring (bicyclic) bond motifs is 1. The van der Waals surface area contributed by atoms with Gasteiger partial charge in [-0.05, 0) is 24.3 Å². The molecule has 3 aromatic rings. The second-order valence-electron chi connectivity index (χ2n) is 4.89. The van der Waals surface area contributed by atoms with Gasteiger partial charge in [0.25, 0.3) is 0 Å². The van der Waals surface area contributed by atoms with Crippen molar-refractivity contribution in [3.05, 3.63) is 65.6 Å². The van der Waals surface area contributed by atoms with Crippen LogP contribution in [0.1, 0.15) is 5.56 Å². The molecule has 0 bridgehead atoms. The van der Waals surface area contributed by atoms with Crippen LogP contribution in [0.3, 0.4) is 0 Å². The van der Waals surface area contributed by atoms with Crippen molar-refractivity contribution < 1.29 is 9.50 Å². The number of hydrogen-bond donors (Lipinski definition) is 1. The minimum Gasteiger partial charge on any atom is -0.505 e. The van der Waals surface area contributed by atoms with Gasteiger partial charge in [0, 0.05) is 17.1 Å². The van der Waals surface area contributed by atoms with Crippen LogP contribution in [-0.2, 0) is 0 Å². The van der Waals surface area contributed by atoms with E-state index in [1.165, 1.54) is 24.4 Å². The first kappa shape index (κ1) is 15.1. The summed E-state index contributed by atoms with van der Waals surface area (Å²) >= 11 is 0. The third-order valence-corrected chi connectivity index (χ3v) is 3.43. The van der Waals surface area contributed by atoms with Gasteiger partial charge in [-0.15, -0.1) is 0 Å². The third kappa shape index (κ3) is 2.65. The molecule has 24 heavy (non-hydrogen) atoms. The molecule has 0 saturated heterocycles. The highest BCUT2D eigenvalue weighted by Gasteiger charge is 2.11. The van der Waals surface area contributed by atoms with Crippen LogP contribution in [-0.4, -0.2) is 15.1 Å². The highest BCUT2D eigenvalue weighted by atomic mass is 19.1. The lowest BCUT2D eigenvalue weighted by atomic mass is 10.1. The molecular formula is C18H9FN4O. The standard InChI is InChI=1S/C18H9FN4O/c19-14-2-1-7-22-17(14)15-6-5-11-3-4-12(8-16(11)23-15)18(24)13(9-20)10-21/h1-8,24H. The van der Waals surface area contributed by atoms with Gasteiger partial charge in [0.05, 0.1) is 11.2 Å². The van der Waals surface area contributed by atoms with Crippen LogP contribution < -0.4 is 0 Å². The molecule has 3 rings (SSSR count). The van der Waals surface area contributed by atoms with Gasteiger partial charge in [-0.1, -0.05) is 18.2 Å². The molecule has 5 nitrogen and oxygen atoms in total. The highest BCUT2D eigenvalue weighted by molar-refractivity contribution is 5.85. The van der Waals surface area contributed by atoms with E-state index in [0.29, 0.717) is 11.2 Å². The SMILES string of the molecule is N#CC(C#N)=C(O)c1ccc2ccc(-c3ncccc3F)nc2c1. The molecule has 0 fully saturated rings. The zero-order valence-electron chi connectivity index (χ0n) is 12.2. The van der Waals surface area contributed by atoms with Crippen LogP contribution in [0.25, 0.3) is 28.0 Å². The number of nitriles is 2. The van der Waals surface area contributed by atoms with Crippen molar-refractivity contribution in [2.24, 2.45) is 0 Å². The van der Waals surface area contributed by atoms with E-state index >= 15 is 0 Å². The number of aromatic nitrogens is 2. The summed E-state index contributed by atoms with van der Waals surface area (Å²) in [6, 6.07) is 14.3. The second-order valence-corrected chi connectivity index (χ2v) is 4.89. The number of hydrogen-bond acceptors (Lipinski definition) is 5. The number of halogens is 1. The van der Waals surface area contributed by atoms with Crippen LogP contribution in [0.15, 0.2) is 54.2 Å². The summed E-state index contributed by atoms with van der Waals surface area (Å²) in [7, 11) is 0. The Morgan fingerprint density at radius 3 is 2.54 bits per heavy atom. The van der Waals surface area contributed by atoms with E-state index in [0.717, 1.165) is 5.39 Å². The molecule has 2 heterocycles. The lowest BCUT2D eigenvalue weighted by molar-refractivity contribution is 0.510. The zero-order chi connectivity index (χ0) is 17.1. The van der Waals surface area contributed by atoms with Crippen LogP contribution in [0.5, 0.6) is 0 Å². The monoisotopic (exact) mass is 316 g/mol. The topological polar surface area (TPSA) is 93.6 Å². The normalized spacial score (nSPS) is 9.96. The Morgan fingerprint density at radius 1 is 1.08 bits per heavy atom. The Morgan fingerprint density at radius 2 is 1.83 bits per heavy atom. The minimum atomic E-state index is -0.487. The molecule has 0 aliphatic heterocycles. The Balaban J connectivity index is 2.17. The van der Waals surface area contributed by atoms with Gasteiger partial charge in [0.2, 0.25) is 0 Å². The number of aliphatic hydroxyl groups excluding tert-OH is 1. The Hall–Kier alpha value is -3.77. The fourth-order valence-electron chi connectivity index (χ4n) is 2.25. The molecular weight excluding hydrogens is 307 g/mol. The van der Waals surface area contributed by atoms with Crippen LogP contribution in [0.4, 0.5) is 4.39 Å². The number of allylic oxidation sites excluding steroid dienone is 1. The molecule has 0 aliphatic carbocycles. The van der Waals surface area contributed by atoms with Crippen molar-refractivity contribution in [2.45, 2.75) is 0 Å². The molecule has 2 aromatic heterocycles. The van der Waals surface area contributed by atoms with E-state index in [1.807, 2.05) is 0 Å². The highest BCUT2D eigenvalue weighted by Crippen LogP contribution is 2.24. The van der Waals surface area contributed by atoms with Gasteiger partial charge >= 0.3 is 0 Å². The van der Waals surface area contributed by atoms with Gasteiger partial charge in [0.15, 0.2) is 17.1 Å². The number of rotatable bonds is 2. The smallest absolute Gasteiger partial charge is 0.171 e. The summed E-state index contributed by atoms with van der Waals surface area (Å²) < 4.78 is 13.9. The average molecular weight is 316 g/mol. The fourth-order valence-corrected chi connectivity index (χ4v) is 2.25. The first-order valence-electron chi connectivity index (χ1n) is 6.89. The summed E-state index contributed by atoms with van der Waals surface area (Å²) in [5, 5.41) is 28.4. The van der Waals surface area contributed by atoms with Crippen molar-refractivity contribution in [2.75, 3.05) is 0 Å². The van der Waals surface area contributed by atoms with Crippen LogP contribution >= 0.6 is 0 Å². The Kier molecular flexibility index (Phi) is 3.88. The molecule has 0 saturated carbocycles. The largest absolute Gasteiger partial charge is 0.505 e. The lowest BCUT2D eigenvalue weighted by Crippen LogP contribution is -1.93. The number of nitrogens with zero attached hydrogens (tertiary/aromatic N) is 4. The van der Waals surface area contributed by atoms with E-state index in [2.05, 4.69) is 9.97 Å². The minimum absolute atomic E-state index is 0.124. The molecule has 114 valence electrons. The third-order valence-electron chi connectivity index (χ3n) is 3.43. The summed E-state index contributed by atoms with van der Waals surface area (Å²) in [5.41, 5.74) is 0.853. The van der Waals surface area contributed by atoms with Gasteiger partial charge < -0.3 is 5.11 Å². The van der Waals surface area contributed by atoms with Crippen molar-refractivity contribution >= 4 is 16.7 Å². The van der Waals surface area contributed by atoms with Crippen molar-refractivity contribution in [3.63, 3.8) is 0 Å². The molecule has 0 spiro atoms. The van der Waals surface area contributed by atoms with Crippen molar-refractivity contribution in [1.82, 2.24) is 9.97 Å². The zero-order valence-corrected chi connectivity index (χ0v) is 12.2. The summed E-state index contributed by atoms with van der Waals surface area (Å²) in [5.74, 6) is -0.905. The second kappa shape index (κ2) is 6.15. The predicted octanol–water partition coefficient (Wildman–Crippen LogP) is 3.75. The van der Waals surface area contributed by atoms with E-state index in [9.17, 15) is 9.50 Å². The summed E-state index contributed by atoms with van der Waals surface area (Å²) in [6.45, 7) is 0. The predicted molar refractivity (Wildman–Crippen MR) is 85.7 cm³/mol. The number of pyridine rings is 2. The maximum Gasteiger partial charge on any atom is 0.171 e. The Bertz CT molecular complexity index is 1040. The fraction of sp³-hybridized carbons (Fsp3) is 0. The van der Waals surface area contributed by atoms with Crippen LogP contribution in [0.2, 0.25) is 0 Å². The number of aliphatic hydroxyl groups is 1. The molecule has 0 atom stereocenters. The quantitative estimate of drug-likeness (QED) is 0.574. The molecule has 1 aromatic carbocycles. The average Bonchev–Trinajstić information content (AvgIpc) is 2.62. The van der Waals surface area contributed by atoms with E-state index in [4.69, 9.17) is 10.5 Å². The summed E-state index contributed by atoms with van der Waals surface area (Å²) in [6.07, 6.45) is 1.47. The summed E-state index contributed by atoms with van der Waals surface area (Å²) in [4.78, 5) is 8.34. The lowest BCUT2D eigenvalue weighted by Gasteiger charge is -2.06. The molecule has 1 N–H and O–H groups in total. The Labute approximate surface area is 136 Å². The van der Waals surface area contributed by atoms with E-state index in [-0.39, 0.29) is 16.8 Å². The van der Waals surface area contributed by atoms with Gasteiger partial charge in [0.1, 0.15) is 17.8 Å². The maximum atomic E-state index is 13.9. The van der Waals surface area contributed by atoms with Crippen molar-refractivity contribution in [3.8, 4) is 23.5 Å². The molecule has 0 unspecified atom stereocenters. The van der Waals surface area contributed by atoms with Gasteiger partial charge in [-0.25, -0.2) is 9.37 Å². The van der Waals surface area contributed by atoms with Gasteiger partial charge in [-0.2, -0.15) is 10.5 Å². The molecule has 0 radical (unpaired) electrons. The van der Waals surface area contributed by atoms with E-state index < -0.39 is 11.6 Å². The molecule has 0 amide bonds. The maximum absolute atomic E-state index is 13.9. The molecule has 0 aliphatic rings. The number of benzene rings is 1. The van der Waals surface area contributed by atoms with Gasteiger partial charge in [-0.3, -0.25) is 4.98 Å². The van der Waals surface area contributed by atoms with E-state index in [1.54, 1.807) is 36.4 Å². The van der Waals surface area contributed by atoms with Crippen molar-refractivity contribution in [1.29, 1.82) is 10.5 Å². The van der Waals surface area contributed by atoms with Crippen LogP contribution in [0, 0.1) is 28.5 Å².